The number of nitrogens with zero attached hydrogens (tertiary/aromatic N) is 1. The lowest BCUT2D eigenvalue weighted by Gasteiger charge is -2.43. The first-order valence-corrected chi connectivity index (χ1v) is 9.46. The average molecular weight is 368 g/mol. The van der Waals surface area contributed by atoms with E-state index in [1.165, 1.54) is 5.56 Å². The van der Waals surface area contributed by atoms with Gasteiger partial charge in [0, 0.05) is 25.6 Å². The molecule has 2 atom stereocenters. The Morgan fingerprint density at radius 1 is 1.15 bits per heavy atom. The topological polar surface area (TPSA) is 61.8 Å². The van der Waals surface area contributed by atoms with Gasteiger partial charge in [0.2, 0.25) is 0 Å². The van der Waals surface area contributed by atoms with Crippen molar-refractivity contribution < 1.29 is 14.6 Å². The molecule has 1 aliphatic rings. The summed E-state index contributed by atoms with van der Waals surface area (Å²) in [5, 5.41) is 13.7. The van der Waals surface area contributed by atoms with E-state index in [1.807, 2.05) is 55.5 Å². The first-order valence-electron chi connectivity index (χ1n) is 9.46. The molecular formula is C22H28N2O3. The minimum absolute atomic E-state index is 0.00815. The first-order chi connectivity index (χ1) is 13.0. The SMILES string of the molecule is C[C@@]1(O)CN(Cc2ccccc2)CC[C@H]1CNC(=O)OCc1ccccc1. The second-order valence-corrected chi connectivity index (χ2v) is 7.48. The summed E-state index contributed by atoms with van der Waals surface area (Å²) in [7, 11) is 0. The number of hydrogen-bond donors (Lipinski definition) is 2. The Bertz CT molecular complexity index is 719. The fourth-order valence-corrected chi connectivity index (χ4v) is 3.59. The summed E-state index contributed by atoms with van der Waals surface area (Å²) in [4.78, 5) is 14.2. The number of aliphatic hydroxyl groups is 1. The molecule has 2 aromatic carbocycles. The molecule has 0 unspecified atom stereocenters. The molecular weight excluding hydrogens is 340 g/mol. The molecule has 1 aliphatic heterocycles. The van der Waals surface area contributed by atoms with Crippen LogP contribution in [0.25, 0.3) is 0 Å². The number of benzene rings is 2. The number of β-amino-alcohol motifs (C(OH)–C–C–N with tert-alkyl or cyclic N) is 1. The zero-order valence-electron chi connectivity index (χ0n) is 15.8. The van der Waals surface area contributed by atoms with Gasteiger partial charge in [-0.2, -0.15) is 0 Å². The predicted octanol–water partition coefficient (Wildman–Crippen LogP) is 3.19. The Hall–Kier alpha value is -2.37. The van der Waals surface area contributed by atoms with Crippen molar-refractivity contribution in [3.8, 4) is 0 Å². The molecule has 5 heteroatoms. The van der Waals surface area contributed by atoms with Gasteiger partial charge in [0.25, 0.3) is 0 Å². The van der Waals surface area contributed by atoms with Gasteiger partial charge in [-0.25, -0.2) is 4.79 Å². The summed E-state index contributed by atoms with van der Waals surface area (Å²) in [5.41, 5.74) is 1.35. The van der Waals surface area contributed by atoms with Crippen molar-refractivity contribution in [1.29, 1.82) is 0 Å². The molecule has 0 aliphatic carbocycles. The number of ether oxygens (including phenoxy) is 1. The van der Waals surface area contributed by atoms with Crippen molar-refractivity contribution in [3.05, 3.63) is 71.8 Å². The maximum atomic E-state index is 12.0. The van der Waals surface area contributed by atoms with E-state index in [0.717, 1.165) is 25.1 Å². The highest BCUT2D eigenvalue weighted by atomic mass is 16.5. The van der Waals surface area contributed by atoms with E-state index in [2.05, 4.69) is 22.3 Å². The van der Waals surface area contributed by atoms with Crippen molar-refractivity contribution in [3.63, 3.8) is 0 Å². The molecule has 1 amide bonds. The number of rotatable bonds is 6. The normalized spacial score (nSPS) is 23.0. The second kappa shape index (κ2) is 9.02. The fourth-order valence-electron chi connectivity index (χ4n) is 3.59. The van der Waals surface area contributed by atoms with Gasteiger partial charge in [0.05, 0.1) is 5.60 Å². The summed E-state index contributed by atoms with van der Waals surface area (Å²) in [6.07, 6.45) is 0.389. The number of carbonyl (C=O) groups is 1. The number of likely N-dealkylation sites (tertiary alicyclic amines) is 1. The van der Waals surface area contributed by atoms with E-state index in [0.29, 0.717) is 13.1 Å². The summed E-state index contributed by atoms with van der Waals surface area (Å²) in [6, 6.07) is 19.9. The van der Waals surface area contributed by atoms with E-state index >= 15 is 0 Å². The smallest absolute Gasteiger partial charge is 0.407 e. The van der Waals surface area contributed by atoms with Gasteiger partial charge in [-0.3, -0.25) is 4.90 Å². The zero-order chi connectivity index (χ0) is 19.1. The largest absolute Gasteiger partial charge is 0.445 e. The average Bonchev–Trinajstić information content (AvgIpc) is 2.67. The highest BCUT2D eigenvalue weighted by molar-refractivity contribution is 5.67. The molecule has 2 N–H and O–H groups in total. The number of nitrogens with one attached hydrogen (secondary N) is 1. The Morgan fingerprint density at radius 3 is 2.41 bits per heavy atom. The van der Waals surface area contributed by atoms with Crippen LogP contribution in [0, 0.1) is 5.92 Å². The molecule has 1 heterocycles. The summed E-state index contributed by atoms with van der Waals surface area (Å²) < 4.78 is 5.25. The molecule has 0 aromatic heterocycles. The van der Waals surface area contributed by atoms with Crippen molar-refractivity contribution in [1.82, 2.24) is 10.2 Å². The highest BCUT2D eigenvalue weighted by Crippen LogP contribution is 2.28. The van der Waals surface area contributed by atoms with Gasteiger partial charge >= 0.3 is 6.09 Å². The van der Waals surface area contributed by atoms with Crippen LogP contribution in [0.2, 0.25) is 0 Å². The van der Waals surface area contributed by atoms with Crippen LogP contribution < -0.4 is 5.32 Å². The standard InChI is InChI=1S/C22H28N2O3/c1-22(26)17-24(15-18-8-4-2-5-9-18)13-12-20(22)14-23-21(25)27-16-19-10-6-3-7-11-19/h2-11,20,26H,12-17H2,1H3,(H,23,25)/t20-,22+/m0/s1. The summed E-state index contributed by atoms with van der Waals surface area (Å²) >= 11 is 0. The highest BCUT2D eigenvalue weighted by Gasteiger charge is 2.37. The van der Waals surface area contributed by atoms with Crippen LogP contribution in [-0.4, -0.2) is 41.3 Å². The third-order valence-electron chi connectivity index (χ3n) is 5.17. The van der Waals surface area contributed by atoms with Crippen LogP contribution in [0.1, 0.15) is 24.5 Å². The van der Waals surface area contributed by atoms with Crippen molar-refractivity contribution in [2.24, 2.45) is 5.92 Å². The molecule has 5 nitrogen and oxygen atoms in total. The molecule has 1 fully saturated rings. The van der Waals surface area contributed by atoms with Gasteiger partial charge in [0.1, 0.15) is 6.61 Å². The number of hydrogen-bond acceptors (Lipinski definition) is 4. The lowest BCUT2D eigenvalue weighted by molar-refractivity contribution is -0.0641. The molecule has 27 heavy (non-hydrogen) atoms. The number of carbonyl (C=O) groups excluding carboxylic acids is 1. The molecule has 0 spiro atoms. The number of amides is 1. The van der Waals surface area contributed by atoms with Crippen molar-refractivity contribution in [2.45, 2.75) is 32.1 Å². The summed E-state index contributed by atoms with van der Waals surface area (Å²) in [5.74, 6) is 0.00815. The Labute approximate surface area is 161 Å². The quantitative estimate of drug-likeness (QED) is 0.822. The van der Waals surface area contributed by atoms with Crippen molar-refractivity contribution in [2.75, 3.05) is 19.6 Å². The van der Waals surface area contributed by atoms with Crippen LogP contribution in [0.3, 0.4) is 0 Å². The van der Waals surface area contributed by atoms with Gasteiger partial charge in [-0.05, 0) is 31.0 Å². The fraction of sp³-hybridized carbons (Fsp3) is 0.409. The summed E-state index contributed by atoms with van der Waals surface area (Å²) in [6.45, 7) is 4.84. The Morgan fingerprint density at radius 2 is 1.78 bits per heavy atom. The molecule has 3 rings (SSSR count). The number of piperidine rings is 1. The Kier molecular flexibility index (Phi) is 6.48. The molecule has 1 saturated heterocycles. The predicted molar refractivity (Wildman–Crippen MR) is 105 cm³/mol. The zero-order valence-corrected chi connectivity index (χ0v) is 15.8. The third kappa shape index (κ3) is 5.81. The monoisotopic (exact) mass is 368 g/mol. The minimum atomic E-state index is -0.847. The van der Waals surface area contributed by atoms with Gasteiger partial charge in [0.15, 0.2) is 0 Å². The molecule has 0 bridgehead atoms. The molecule has 144 valence electrons. The van der Waals surface area contributed by atoms with E-state index in [9.17, 15) is 9.90 Å². The third-order valence-corrected chi connectivity index (χ3v) is 5.17. The molecule has 0 radical (unpaired) electrons. The number of alkyl carbamates (subject to hydrolysis) is 1. The van der Waals surface area contributed by atoms with Crippen LogP contribution in [0.5, 0.6) is 0 Å². The van der Waals surface area contributed by atoms with Gasteiger partial charge in [-0.15, -0.1) is 0 Å². The van der Waals surface area contributed by atoms with E-state index in [4.69, 9.17) is 4.74 Å². The molecule has 2 aromatic rings. The lowest BCUT2D eigenvalue weighted by atomic mass is 9.82. The van der Waals surface area contributed by atoms with E-state index in [-0.39, 0.29) is 12.5 Å². The second-order valence-electron chi connectivity index (χ2n) is 7.48. The van der Waals surface area contributed by atoms with Gasteiger partial charge in [-0.1, -0.05) is 60.7 Å². The Balaban J connectivity index is 1.43. The van der Waals surface area contributed by atoms with E-state index in [1.54, 1.807) is 0 Å². The first kappa shape index (κ1) is 19.4. The van der Waals surface area contributed by atoms with E-state index < -0.39 is 11.7 Å². The minimum Gasteiger partial charge on any atom is -0.445 e. The van der Waals surface area contributed by atoms with Crippen LogP contribution >= 0.6 is 0 Å². The van der Waals surface area contributed by atoms with Crippen LogP contribution in [0.15, 0.2) is 60.7 Å². The van der Waals surface area contributed by atoms with Crippen LogP contribution in [0.4, 0.5) is 4.79 Å². The maximum Gasteiger partial charge on any atom is 0.407 e. The van der Waals surface area contributed by atoms with Gasteiger partial charge < -0.3 is 15.2 Å². The molecule has 0 saturated carbocycles. The maximum absolute atomic E-state index is 12.0. The van der Waals surface area contributed by atoms with Crippen LogP contribution in [-0.2, 0) is 17.9 Å². The lowest BCUT2D eigenvalue weighted by Crippen LogP contribution is -2.54. The van der Waals surface area contributed by atoms with Crippen molar-refractivity contribution >= 4 is 6.09 Å².